The van der Waals surface area contributed by atoms with E-state index in [4.69, 9.17) is 21.1 Å². The van der Waals surface area contributed by atoms with E-state index in [0.29, 0.717) is 27.6 Å². The smallest absolute Gasteiger partial charge is 0.271 e. The zero-order valence-corrected chi connectivity index (χ0v) is 15.4. The number of amides is 1. The molecular formula is C19H20ClN3O3. The average Bonchev–Trinajstić information content (AvgIpc) is 3.12. The standard InChI is InChI=1S/C19H20ClN3O3/c1-3-23(4-2)15-7-5-14(6-8-15)19(24)22-21-11-13-9-16(20)18-17(10-13)25-12-26-18/h5-11H,3-4,12H2,1-2H3,(H,22,24)/b21-11-. The summed E-state index contributed by atoms with van der Waals surface area (Å²) in [5.41, 5.74) is 4.85. The molecule has 1 amide bonds. The van der Waals surface area contributed by atoms with Crippen molar-refractivity contribution in [2.75, 3.05) is 24.8 Å². The molecule has 0 unspecified atom stereocenters. The van der Waals surface area contributed by atoms with E-state index in [9.17, 15) is 4.79 Å². The molecule has 0 saturated heterocycles. The molecule has 1 heterocycles. The number of hydrogen-bond donors (Lipinski definition) is 1. The van der Waals surface area contributed by atoms with E-state index in [1.54, 1.807) is 24.3 Å². The largest absolute Gasteiger partial charge is 0.454 e. The van der Waals surface area contributed by atoms with Crippen molar-refractivity contribution in [1.82, 2.24) is 5.43 Å². The maximum Gasteiger partial charge on any atom is 0.271 e. The van der Waals surface area contributed by atoms with E-state index < -0.39 is 0 Å². The van der Waals surface area contributed by atoms with Gasteiger partial charge in [-0.3, -0.25) is 4.79 Å². The first-order valence-electron chi connectivity index (χ1n) is 8.40. The summed E-state index contributed by atoms with van der Waals surface area (Å²) >= 11 is 6.12. The third-order valence-electron chi connectivity index (χ3n) is 4.09. The zero-order valence-electron chi connectivity index (χ0n) is 14.7. The van der Waals surface area contributed by atoms with Crippen molar-refractivity contribution in [2.24, 2.45) is 5.10 Å². The number of rotatable bonds is 6. The summed E-state index contributed by atoms with van der Waals surface area (Å²) in [6.45, 7) is 6.19. The summed E-state index contributed by atoms with van der Waals surface area (Å²) in [6.07, 6.45) is 1.51. The first-order valence-corrected chi connectivity index (χ1v) is 8.77. The summed E-state index contributed by atoms with van der Waals surface area (Å²) in [5.74, 6) is 0.817. The van der Waals surface area contributed by atoms with Crippen LogP contribution < -0.4 is 19.8 Å². The van der Waals surface area contributed by atoms with Crippen LogP contribution in [0.4, 0.5) is 5.69 Å². The van der Waals surface area contributed by atoms with Gasteiger partial charge in [0.1, 0.15) is 0 Å². The van der Waals surface area contributed by atoms with Gasteiger partial charge in [-0.15, -0.1) is 0 Å². The number of hydrazone groups is 1. The quantitative estimate of drug-likeness (QED) is 0.619. The molecule has 0 atom stereocenters. The number of carbonyl (C=O) groups is 1. The van der Waals surface area contributed by atoms with Crippen LogP contribution >= 0.6 is 11.6 Å². The number of ether oxygens (including phenoxy) is 2. The Labute approximate surface area is 157 Å². The van der Waals surface area contributed by atoms with Crippen LogP contribution in [0.25, 0.3) is 0 Å². The van der Waals surface area contributed by atoms with Crippen LogP contribution in [-0.2, 0) is 0 Å². The van der Waals surface area contributed by atoms with E-state index in [0.717, 1.165) is 18.8 Å². The van der Waals surface area contributed by atoms with Crippen molar-refractivity contribution in [3.05, 3.63) is 52.5 Å². The second-order valence-electron chi connectivity index (χ2n) is 5.65. The van der Waals surface area contributed by atoms with Gasteiger partial charge in [0.15, 0.2) is 11.5 Å². The van der Waals surface area contributed by atoms with Crippen LogP contribution in [0.2, 0.25) is 5.02 Å². The molecule has 1 N–H and O–H groups in total. The molecule has 0 bridgehead atoms. The molecule has 0 fully saturated rings. The number of carbonyl (C=O) groups excluding carboxylic acids is 1. The van der Waals surface area contributed by atoms with Gasteiger partial charge in [0, 0.05) is 24.3 Å². The maximum absolute atomic E-state index is 12.2. The maximum atomic E-state index is 12.2. The first kappa shape index (κ1) is 18.1. The van der Waals surface area contributed by atoms with Gasteiger partial charge >= 0.3 is 0 Å². The fraction of sp³-hybridized carbons (Fsp3) is 0.263. The molecule has 7 heteroatoms. The van der Waals surface area contributed by atoms with Crippen LogP contribution in [0, 0.1) is 0 Å². The van der Waals surface area contributed by atoms with Gasteiger partial charge in [-0.2, -0.15) is 5.10 Å². The molecule has 136 valence electrons. The second-order valence-corrected chi connectivity index (χ2v) is 6.06. The van der Waals surface area contributed by atoms with Crippen molar-refractivity contribution in [2.45, 2.75) is 13.8 Å². The highest BCUT2D eigenvalue weighted by atomic mass is 35.5. The summed E-state index contributed by atoms with van der Waals surface area (Å²) in [7, 11) is 0. The number of anilines is 1. The number of benzene rings is 2. The van der Waals surface area contributed by atoms with Gasteiger partial charge in [-0.25, -0.2) is 5.43 Å². The topological polar surface area (TPSA) is 63.2 Å². The van der Waals surface area contributed by atoms with Crippen molar-refractivity contribution < 1.29 is 14.3 Å². The number of nitrogens with zero attached hydrogens (tertiary/aromatic N) is 2. The van der Waals surface area contributed by atoms with Crippen LogP contribution in [-0.4, -0.2) is 32.0 Å². The van der Waals surface area contributed by atoms with Gasteiger partial charge in [-0.1, -0.05) is 11.6 Å². The molecule has 0 saturated carbocycles. The molecule has 2 aromatic rings. The predicted octanol–water partition coefficient (Wildman–Crippen LogP) is 3.68. The highest BCUT2D eigenvalue weighted by Crippen LogP contribution is 2.39. The highest BCUT2D eigenvalue weighted by molar-refractivity contribution is 6.32. The van der Waals surface area contributed by atoms with Crippen LogP contribution in [0.1, 0.15) is 29.8 Å². The molecular weight excluding hydrogens is 354 g/mol. The molecule has 0 spiro atoms. The normalized spacial score (nSPS) is 12.4. The molecule has 1 aliphatic heterocycles. The van der Waals surface area contributed by atoms with E-state index in [-0.39, 0.29) is 12.7 Å². The lowest BCUT2D eigenvalue weighted by Gasteiger charge is -2.20. The Kier molecular flexibility index (Phi) is 5.63. The van der Waals surface area contributed by atoms with Gasteiger partial charge in [0.2, 0.25) is 6.79 Å². The number of fused-ring (bicyclic) bond motifs is 1. The molecule has 1 aliphatic rings. The zero-order chi connectivity index (χ0) is 18.5. The number of nitrogens with one attached hydrogen (secondary N) is 1. The van der Waals surface area contributed by atoms with E-state index >= 15 is 0 Å². The van der Waals surface area contributed by atoms with Gasteiger partial charge < -0.3 is 14.4 Å². The summed E-state index contributed by atoms with van der Waals surface area (Å²) < 4.78 is 10.6. The second kappa shape index (κ2) is 8.10. The average molecular weight is 374 g/mol. The Bertz CT molecular complexity index is 818. The minimum atomic E-state index is -0.279. The van der Waals surface area contributed by atoms with Gasteiger partial charge in [0.05, 0.1) is 11.2 Å². The van der Waals surface area contributed by atoms with E-state index in [2.05, 4.69) is 29.3 Å². The SMILES string of the molecule is CCN(CC)c1ccc(C(=O)N/N=C\c2cc(Cl)c3c(c2)OCO3)cc1. The summed E-state index contributed by atoms with van der Waals surface area (Å²) in [4.78, 5) is 14.4. The minimum Gasteiger partial charge on any atom is -0.454 e. The van der Waals surface area contributed by atoms with Gasteiger partial charge in [-0.05, 0) is 55.8 Å². The Morgan fingerprint density at radius 3 is 2.65 bits per heavy atom. The number of hydrogen-bond acceptors (Lipinski definition) is 5. The van der Waals surface area contributed by atoms with Crippen molar-refractivity contribution in [3.8, 4) is 11.5 Å². The molecule has 3 rings (SSSR count). The summed E-state index contributed by atoms with van der Waals surface area (Å²) in [5, 5.41) is 4.43. The lowest BCUT2D eigenvalue weighted by atomic mass is 10.2. The molecule has 0 aliphatic carbocycles. The lowest BCUT2D eigenvalue weighted by molar-refractivity contribution is 0.0955. The van der Waals surface area contributed by atoms with Crippen LogP contribution in [0.15, 0.2) is 41.5 Å². The Morgan fingerprint density at radius 2 is 1.96 bits per heavy atom. The Morgan fingerprint density at radius 1 is 1.23 bits per heavy atom. The Hall–Kier alpha value is -2.73. The molecule has 6 nitrogen and oxygen atoms in total. The summed E-state index contributed by atoms with van der Waals surface area (Å²) in [6, 6.07) is 10.9. The minimum absolute atomic E-state index is 0.149. The van der Waals surface area contributed by atoms with E-state index in [1.807, 2.05) is 12.1 Å². The van der Waals surface area contributed by atoms with E-state index in [1.165, 1.54) is 6.21 Å². The van der Waals surface area contributed by atoms with Crippen LogP contribution in [0.3, 0.4) is 0 Å². The fourth-order valence-electron chi connectivity index (χ4n) is 2.70. The first-order chi connectivity index (χ1) is 12.6. The van der Waals surface area contributed by atoms with Crippen molar-refractivity contribution in [1.29, 1.82) is 0 Å². The molecule has 2 aromatic carbocycles. The van der Waals surface area contributed by atoms with Gasteiger partial charge in [0.25, 0.3) is 5.91 Å². The lowest BCUT2D eigenvalue weighted by Crippen LogP contribution is -2.22. The highest BCUT2D eigenvalue weighted by Gasteiger charge is 2.17. The monoisotopic (exact) mass is 373 g/mol. The number of halogens is 1. The Balaban J connectivity index is 1.63. The fourth-order valence-corrected chi connectivity index (χ4v) is 2.98. The third kappa shape index (κ3) is 3.91. The molecule has 0 radical (unpaired) electrons. The van der Waals surface area contributed by atoms with Crippen molar-refractivity contribution >= 4 is 29.4 Å². The third-order valence-corrected chi connectivity index (χ3v) is 4.37. The predicted molar refractivity (Wildman–Crippen MR) is 103 cm³/mol. The van der Waals surface area contributed by atoms with Crippen molar-refractivity contribution in [3.63, 3.8) is 0 Å². The van der Waals surface area contributed by atoms with Crippen LogP contribution in [0.5, 0.6) is 11.5 Å². The molecule has 0 aromatic heterocycles. The molecule has 26 heavy (non-hydrogen) atoms.